The van der Waals surface area contributed by atoms with Gasteiger partial charge in [-0.3, -0.25) is 14.3 Å². The molecule has 0 fully saturated rings. The second-order valence-corrected chi connectivity index (χ2v) is 8.56. The Morgan fingerprint density at radius 2 is 1.62 bits per heavy atom. The summed E-state index contributed by atoms with van der Waals surface area (Å²) in [5.41, 5.74) is 5.20. The number of ketones is 1. The van der Waals surface area contributed by atoms with Gasteiger partial charge in [0.05, 0.1) is 26.1 Å². The van der Waals surface area contributed by atoms with E-state index in [1.54, 1.807) is 0 Å². The Labute approximate surface area is 192 Å². The summed E-state index contributed by atoms with van der Waals surface area (Å²) < 4.78 is 2.45. The maximum Gasteiger partial charge on any atom is 0.247 e. The highest BCUT2D eigenvalue weighted by atomic mass is 16.1. The lowest BCUT2D eigenvalue weighted by molar-refractivity contribution is -0.529. The van der Waals surface area contributed by atoms with E-state index in [1.165, 1.54) is 23.4 Å². The highest BCUT2D eigenvalue weighted by Gasteiger charge is 2.32. The first kappa shape index (κ1) is 22.1. The van der Waals surface area contributed by atoms with E-state index in [2.05, 4.69) is 21.6 Å². The minimum atomic E-state index is 0.218. The Balaban J connectivity index is 0.000000260. The minimum absolute atomic E-state index is 0.218. The standard InChI is InChI=1S/C21H23N2O.C7H7B/c24-20(16-23-15-5-14-22-13-4-8-21(22)23)19-11-9-18(10-12-19)17-6-2-1-3-7-17;1-6-3-2-4-7(8)5-6/h1-3,6-7,9-12H,4-5,8,13-16H2;2-5H,1H3/q+1;. The molecule has 2 aliphatic rings. The number of benzene rings is 3. The van der Waals surface area contributed by atoms with E-state index in [9.17, 15) is 4.79 Å². The van der Waals surface area contributed by atoms with Crippen LogP contribution in [0, 0.1) is 6.92 Å². The van der Waals surface area contributed by atoms with Crippen molar-refractivity contribution in [3.8, 4) is 11.1 Å². The smallest absolute Gasteiger partial charge is 0.247 e. The molecule has 160 valence electrons. The van der Waals surface area contributed by atoms with Gasteiger partial charge in [-0.15, -0.1) is 0 Å². The van der Waals surface area contributed by atoms with E-state index in [4.69, 9.17) is 7.85 Å². The molecule has 4 heteroatoms. The first-order valence-electron chi connectivity index (χ1n) is 11.5. The molecule has 0 bridgehead atoms. The van der Waals surface area contributed by atoms with Gasteiger partial charge < -0.3 is 0 Å². The summed E-state index contributed by atoms with van der Waals surface area (Å²) in [6, 6.07) is 26.1. The van der Waals surface area contributed by atoms with Crippen LogP contribution in [-0.2, 0) is 0 Å². The van der Waals surface area contributed by atoms with Crippen molar-refractivity contribution in [2.45, 2.75) is 26.2 Å². The maximum absolute atomic E-state index is 12.7. The number of rotatable bonds is 4. The van der Waals surface area contributed by atoms with Crippen molar-refractivity contribution in [3.05, 3.63) is 90.0 Å². The number of carbonyl (C=O) groups excluding carboxylic acids is 1. The van der Waals surface area contributed by atoms with Crippen LogP contribution in [-0.4, -0.2) is 55.1 Å². The number of carbonyl (C=O) groups is 1. The van der Waals surface area contributed by atoms with Crippen molar-refractivity contribution >= 4 is 24.9 Å². The fourth-order valence-electron chi connectivity index (χ4n) is 4.48. The number of hydrogen-bond donors (Lipinski definition) is 0. The van der Waals surface area contributed by atoms with Gasteiger partial charge in [0.1, 0.15) is 14.4 Å². The molecule has 32 heavy (non-hydrogen) atoms. The zero-order valence-corrected chi connectivity index (χ0v) is 18.8. The van der Waals surface area contributed by atoms with Crippen molar-refractivity contribution in [1.82, 2.24) is 4.90 Å². The second kappa shape index (κ2) is 10.5. The Hall–Kier alpha value is -3.14. The molecule has 0 N–H and O–H groups in total. The molecular formula is C28H30BN2O+. The minimum Gasteiger partial charge on any atom is -0.290 e. The fourth-order valence-corrected chi connectivity index (χ4v) is 4.48. The average molecular weight is 421 g/mol. The summed E-state index contributed by atoms with van der Waals surface area (Å²) >= 11 is 0. The normalized spacial score (nSPS) is 15.1. The third-order valence-electron chi connectivity index (χ3n) is 6.11. The average Bonchev–Trinajstić information content (AvgIpc) is 3.30. The predicted molar refractivity (Wildman–Crippen MR) is 133 cm³/mol. The van der Waals surface area contributed by atoms with Gasteiger partial charge in [0, 0.05) is 12.0 Å². The Morgan fingerprint density at radius 1 is 0.906 bits per heavy atom. The molecule has 0 saturated carbocycles. The van der Waals surface area contributed by atoms with E-state index in [-0.39, 0.29) is 5.78 Å². The Bertz CT molecular complexity index is 1070. The molecule has 2 heterocycles. The maximum atomic E-state index is 12.7. The topological polar surface area (TPSA) is 23.3 Å². The summed E-state index contributed by atoms with van der Waals surface area (Å²) in [4.78, 5) is 15.0. The van der Waals surface area contributed by atoms with Crippen molar-refractivity contribution in [1.29, 1.82) is 0 Å². The van der Waals surface area contributed by atoms with Gasteiger partial charge in [-0.05, 0) is 24.5 Å². The molecule has 0 amide bonds. The Kier molecular flexibility index (Phi) is 7.21. The summed E-state index contributed by atoms with van der Waals surface area (Å²) in [5.74, 6) is 1.60. The fraction of sp³-hybridized carbons (Fsp3) is 0.286. The van der Waals surface area contributed by atoms with Crippen molar-refractivity contribution < 1.29 is 9.37 Å². The van der Waals surface area contributed by atoms with Gasteiger partial charge in [-0.25, -0.2) is 0 Å². The predicted octanol–water partition coefficient (Wildman–Crippen LogP) is 4.24. The molecule has 0 aromatic heterocycles. The van der Waals surface area contributed by atoms with Crippen LogP contribution in [0.4, 0.5) is 0 Å². The van der Waals surface area contributed by atoms with Gasteiger partial charge in [-0.2, -0.15) is 0 Å². The van der Waals surface area contributed by atoms with Gasteiger partial charge >= 0.3 is 0 Å². The number of hydrogen-bond acceptors (Lipinski definition) is 2. The lowest BCUT2D eigenvalue weighted by Gasteiger charge is -2.23. The monoisotopic (exact) mass is 421 g/mol. The molecule has 0 unspecified atom stereocenters. The third-order valence-corrected chi connectivity index (χ3v) is 6.11. The number of aryl methyl sites for hydroxylation is 1. The van der Waals surface area contributed by atoms with E-state index >= 15 is 0 Å². The first-order chi connectivity index (χ1) is 15.6. The number of Topliss-reactive ketones (excluding diaryl/α,β-unsaturated/α-hetero) is 1. The molecule has 0 aliphatic carbocycles. The molecule has 2 radical (unpaired) electrons. The summed E-state index contributed by atoms with van der Waals surface area (Å²) in [6.07, 6.45) is 3.51. The van der Waals surface area contributed by atoms with E-state index in [0.29, 0.717) is 6.54 Å². The van der Waals surface area contributed by atoms with Crippen LogP contribution in [0.2, 0.25) is 0 Å². The summed E-state index contributed by atoms with van der Waals surface area (Å²) in [5, 5.41) is 0. The molecule has 0 saturated heterocycles. The second-order valence-electron chi connectivity index (χ2n) is 8.56. The Morgan fingerprint density at radius 3 is 2.31 bits per heavy atom. The molecule has 3 aromatic rings. The van der Waals surface area contributed by atoms with Gasteiger partial charge in [0.25, 0.3) is 0 Å². The highest BCUT2D eigenvalue weighted by Crippen LogP contribution is 2.20. The SMILES string of the molecule is O=C(CN1CCC[N+]2=C1CCC2)c1ccc(-c2ccccc2)cc1.[B]c1cccc(C)c1. The number of amidine groups is 1. The lowest BCUT2D eigenvalue weighted by atomic mass is 9.95. The van der Waals surface area contributed by atoms with Crippen LogP contribution in [0.1, 0.15) is 35.2 Å². The molecule has 3 aromatic carbocycles. The van der Waals surface area contributed by atoms with Crippen LogP contribution >= 0.6 is 0 Å². The van der Waals surface area contributed by atoms with Crippen LogP contribution in [0.3, 0.4) is 0 Å². The van der Waals surface area contributed by atoms with Gasteiger partial charge in [0.2, 0.25) is 11.6 Å². The van der Waals surface area contributed by atoms with Crippen molar-refractivity contribution in [2.24, 2.45) is 0 Å². The number of nitrogens with zero attached hydrogens (tertiary/aromatic N) is 2. The lowest BCUT2D eigenvalue weighted by Crippen LogP contribution is -2.43. The zero-order chi connectivity index (χ0) is 22.3. The summed E-state index contributed by atoms with van der Waals surface area (Å²) in [7, 11) is 5.46. The van der Waals surface area contributed by atoms with Crippen LogP contribution in [0.15, 0.2) is 78.9 Å². The van der Waals surface area contributed by atoms with Crippen LogP contribution in [0.25, 0.3) is 11.1 Å². The van der Waals surface area contributed by atoms with Gasteiger partial charge in [0.15, 0.2) is 0 Å². The van der Waals surface area contributed by atoms with E-state index in [1.807, 2.05) is 73.7 Å². The molecular weight excluding hydrogens is 391 g/mol. The van der Waals surface area contributed by atoms with E-state index < -0.39 is 0 Å². The summed E-state index contributed by atoms with van der Waals surface area (Å²) in [6.45, 7) is 5.87. The molecule has 5 rings (SSSR count). The molecule has 3 nitrogen and oxygen atoms in total. The molecule has 0 atom stereocenters. The van der Waals surface area contributed by atoms with Crippen molar-refractivity contribution in [2.75, 3.05) is 26.2 Å². The first-order valence-corrected chi connectivity index (χ1v) is 11.5. The largest absolute Gasteiger partial charge is 0.290 e. The third kappa shape index (κ3) is 5.56. The van der Waals surface area contributed by atoms with Crippen LogP contribution in [0.5, 0.6) is 0 Å². The molecule has 0 spiro atoms. The van der Waals surface area contributed by atoms with Gasteiger partial charge in [-0.1, -0.05) is 89.9 Å². The highest BCUT2D eigenvalue weighted by molar-refractivity contribution is 6.32. The van der Waals surface area contributed by atoms with Crippen LogP contribution < -0.4 is 5.46 Å². The molecule has 2 aliphatic heterocycles. The van der Waals surface area contributed by atoms with Crippen molar-refractivity contribution in [3.63, 3.8) is 0 Å². The van der Waals surface area contributed by atoms with E-state index in [0.717, 1.165) is 49.1 Å². The zero-order valence-electron chi connectivity index (χ0n) is 18.8. The quantitative estimate of drug-likeness (QED) is 0.358.